The molecule has 34 heavy (non-hydrogen) atoms. The zero-order valence-electron chi connectivity index (χ0n) is 19.4. The number of fused-ring (bicyclic) bond motifs is 2. The molecule has 1 atom stereocenters. The van der Waals surface area contributed by atoms with E-state index in [0.717, 1.165) is 29.4 Å². The molecule has 0 radical (unpaired) electrons. The molecule has 180 valence electrons. The second kappa shape index (κ2) is 9.41. The van der Waals surface area contributed by atoms with E-state index in [1.807, 2.05) is 0 Å². The lowest BCUT2D eigenvalue weighted by molar-refractivity contribution is -0.127. The Kier molecular flexibility index (Phi) is 6.49. The Morgan fingerprint density at radius 1 is 1.09 bits per heavy atom. The molecule has 6 heteroatoms. The van der Waals surface area contributed by atoms with Crippen molar-refractivity contribution in [3.05, 3.63) is 64.6 Å². The summed E-state index contributed by atoms with van der Waals surface area (Å²) in [5.41, 5.74) is 4.72. The highest BCUT2D eigenvalue weighted by molar-refractivity contribution is 6.36. The van der Waals surface area contributed by atoms with Gasteiger partial charge in [-0.2, -0.15) is 13.2 Å². The third-order valence-corrected chi connectivity index (χ3v) is 8.01. The highest BCUT2D eigenvalue weighted by Gasteiger charge is 2.30. The maximum atomic E-state index is 12.9. The van der Waals surface area contributed by atoms with Gasteiger partial charge in [0.25, 0.3) is 0 Å². The van der Waals surface area contributed by atoms with Gasteiger partial charge in [-0.3, -0.25) is 0 Å². The third kappa shape index (κ3) is 5.05. The normalized spacial score (nSPS) is 23.1. The predicted molar refractivity (Wildman–Crippen MR) is 132 cm³/mol. The first-order chi connectivity index (χ1) is 16.3. The fourth-order valence-corrected chi connectivity index (χ4v) is 5.95. The molecule has 3 aromatic rings. The van der Waals surface area contributed by atoms with Crippen LogP contribution in [0.1, 0.15) is 62.3 Å². The summed E-state index contributed by atoms with van der Waals surface area (Å²) >= 11 is 6.64. The first-order valence-electron chi connectivity index (χ1n) is 12.3. The number of rotatable bonds is 4. The minimum absolute atomic E-state index is 0.0827. The summed E-state index contributed by atoms with van der Waals surface area (Å²) in [6, 6.07) is 8.16. The number of hydrogen-bond acceptors (Lipinski definition) is 1. The zero-order chi connectivity index (χ0) is 23.9. The van der Waals surface area contributed by atoms with E-state index < -0.39 is 12.6 Å². The highest BCUT2D eigenvalue weighted by Crippen LogP contribution is 2.37. The van der Waals surface area contributed by atoms with Crippen LogP contribution in [-0.4, -0.2) is 15.6 Å². The summed E-state index contributed by atoms with van der Waals surface area (Å²) in [5, 5.41) is 0.373. The van der Waals surface area contributed by atoms with Crippen molar-refractivity contribution < 1.29 is 13.2 Å². The average Bonchev–Trinajstić information content (AvgIpc) is 3.08. The standard InChI is InChI=1S/C28H30ClF3N2/c1-18-2-4-19(5-3-18)14-20-6-8-21-10-11-23(15-22(21)9-7-20)25-12-13-34-24(16-28(30,31)32)17-33-27(34)26(25)29/h7,9-13,15,17-20H,2-6,8,14,16H2,1H3. The van der Waals surface area contributed by atoms with Crippen LogP contribution >= 0.6 is 11.6 Å². The van der Waals surface area contributed by atoms with Crippen molar-refractivity contribution in [2.75, 3.05) is 0 Å². The number of aryl methyl sites for hydroxylation is 1. The predicted octanol–water partition coefficient (Wildman–Crippen LogP) is 8.55. The second-order valence-electron chi connectivity index (χ2n) is 10.2. The summed E-state index contributed by atoms with van der Waals surface area (Å²) in [6.45, 7) is 2.37. The van der Waals surface area contributed by atoms with Crippen molar-refractivity contribution >= 4 is 23.3 Å². The molecule has 0 aliphatic heterocycles. The maximum absolute atomic E-state index is 12.9. The molecule has 2 heterocycles. The van der Waals surface area contributed by atoms with Crippen LogP contribution in [0.15, 0.2) is 42.7 Å². The van der Waals surface area contributed by atoms with Crippen LogP contribution in [0.4, 0.5) is 13.2 Å². The molecule has 0 saturated heterocycles. The Labute approximate surface area is 203 Å². The number of pyridine rings is 1. The summed E-state index contributed by atoms with van der Waals surface area (Å²) in [6.07, 6.45) is 11.2. The van der Waals surface area contributed by atoms with E-state index in [0.29, 0.717) is 16.6 Å². The number of allylic oxidation sites excluding steroid dienone is 1. The molecule has 0 bridgehead atoms. The molecular weight excluding hydrogens is 457 g/mol. The van der Waals surface area contributed by atoms with Gasteiger partial charge in [0, 0.05) is 18.0 Å². The topological polar surface area (TPSA) is 17.3 Å². The summed E-state index contributed by atoms with van der Waals surface area (Å²) in [5.74, 6) is 2.35. The highest BCUT2D eigenvalue weighted by atomic mass is 35.5. The monoisotopic (exact) mass is 486 g/mol. The summed E-state index contributed by atoms with van der Waals surface area (Å²) in [4.78, 5) is 4.18. The Hall–Kier alpha value is -2.27. The first kappa shape index (κ1) is 23.5. The van der Waals surface area contributed by atoms with E-state index in [-0.39, 0.29) is 5.69 Å². The molecule has 0 amide bonds. The fourth-order valence-electron chi connectivity index (χ4n) is 5.64. The Morgan fingerprint density at radius 3 is 2.65 bits per heavy atom. The van der Waals surface area contributed by atoms with Gasteiger partial charge in [-0.25, -0.2) is 4.98 Å². The Balaban J connectivity index is 1.37. The molecule has 2 nitrogen and oxygen atoms in total. The molecule has 2 aliphatic carbocycles. The van der Waals surface area contributed by atoms with E-state index in [4.69, 9.17) is 11.6 Å². The zero-order valence-corrected chi connectivity index (χ0v) is 20.2. The number of halogens is 4. The van der Waals surface area contributed by atoms with Crippen LogP contribution < -0.4 is 0 Å². The van der Waals surface area contributed by atoms with E-state index >= 15 is 0 Å². The van der Waals surface area contributed by atoms with Crippen LogP contribution in [0, 0.1) is 17.8 Å². The number of hydrogen-bond donors (Lipinski definition) is 0. The lowest BCUT2D eigenvalue weighted by Gasteiger charge is -2.28. The van der Waals surface area contributed by atoms with Crippen LogP contribution in [-0.2, 0) is 12.8 Å². The Morgan fingerprint density at radius 2 is 1.88 bits per heavy atom. The summed E-state index contributed by atoms with van der Waals surface area (Å²) < 4.78 is 40.1. The van der Waals surface area contributed by atoms with Crippen molar-refractivity contribution in [1.82, 2.24) is 9.38 Å². The molecule has 1 saturated carbocycles. The van der Waals surface area contributed by atoms with Gasteiger partial charge in [0.05, 0.1) is 17.1 Å². The summed E-state index contributed by atoms with van der Waals surface area (Å²) in [7, 11) is 0. The van der Waals surface area contributed by atoms with Crippen LogP contribution in [0.3, 0.4) is 0 Å². The van der Waals surface area contributed by atoms with E-state index in [1.54, 1.807) is 12.3 Å². The van der Waals surface area contributed by atoms with Crippen molar-refractivity contribution in [3.8, 4) is 11.1 Å². The molecule has 5 rings (SSSR count). The SMILES string of the molecule is CC1CCC(CC2C=Cc3cc(-c4ccn5c(CC(F)(F)F)cnc5c4Cl)ccc3CC2)CC1. The molecule has 1 fully saturated rings. The van der Waals surface area contributed by atoms with E-state index in [1.165, 1.54) is 60.2 Å². The van der Waals surface area contributed by atoms with Gasteiger partial charge in [-0.05, 0) is 65.8 Å². The molecule has 0 N–H and O–H groups in total. The van der Waals surface area contributed by atoms with Crippen LogP contribution in [0.2, 0.25) is 5.02 Å². The fraction of sp³-hybridized carbons (Fsp3) is 0.464. The Bertz CT molecular complexity index is 1200. The van der Waals surface area contributed by atoms with Gasteiger partial charge in [-0.1, -0.05) is 68.5 Å². The quantitative estimate of drug-likeness (QED) is 0.361. The van der Waals surface area contributed by atoms with Crippen molar-refractivity contribution in [1.29, 1.82) is 0 Å². The lowest BCUT2D eigenvalue weighted by atomic mass is 9.78. The van der Waals surface area contributed by atoms with Gasteiger partial charge in [0.1, 0.15) is 0 Å². The number of benzene rings is 1. The van der Waals surface area contributed by atoms with E-state index in [2.05, 4.69) is 42.3 Å². The third-order valence-electron chi connectivity index (χ3n) is 7.64. The number of aromatic nitrogens is 2. The van der Waals surface area contributed by atoms with Gasteiger partial charge in [-0.15, -0.1) is 0 Å². The smallest absolute Gasteiger partial charge is 0.302 e. The lowest BCUT2D eigenvalue weighted by Crippen LogP contribution is -2.15. The minimum Gasteiger partial charge on any atom is -0.302 e. The molecule has 1 aromatic carbocycles. The van der Waals surface area contributed by atoms with Gasteiger partial charge in [0.15, 0.2) is 5.65 Å². The average molecular weight is 487 g/mol. The molecule has 2 aromatic heterocycles. The molecule has 0 spiro atoms. The van der Waals surface area contributed by atoms with Gasteiger partial charge < -0.3 is 4.40 Å². The largest absolute Gasteiger partial charge is 0.394 e. The minimum atomic E-state index is -4.29. The van der Waals surface area contributed by atoms with E-state index in [9.17, 15) is 13.2 Å². The van der Waals surface area contributed by atoms with Crippen LogP contribution in [0.5, 0.6) is 0 Å². The maximum Gasteiger partial charge on any atom is 0.394 e. The van der Waals surface area contributed by atoms with Gasteiger partial charge >= 0.3 is 6.18 Å². The van der Waals surface area contributed by atoms with Crippen LogP contribution in [0.25, 0.3) is 22.9 Å². The molecule has 2 aliphatic rings. The number of imidazole rings is 1. The van der Waals surface area contributed by atoms with Crippen molar-refractivity contribution in [2.24, 2.45) is 17.8 Å². The van der Waals surface area contributed by atoms with Crippen molar-refractivity contribution in [2.45, 2.75) is 64.5 Å². The second-order valence-corrected chi connectivity index (χ2v) is 10.6. The van der Waals surface area contributed by atoms with Crippen molar-refractivity contribution in [3.63, 3.8) is 0 Å². The molecule has 1 unspecified atom stereocenters. The molecular formula is C28H30ClF3N2. The number of alkyl halides is 3. The first-order valence-corrected chi connectivity index (χ1v) is 12.7. The number of nitrogens with zero attached hydrogens (tertiary/aromatic N) is 2. The van der Waals surface area contributed by atoms with Gasteiger partial charge in [0.2, 0.25) is 0 Å².